The van der Waals surface area contributed by atoms with Gasteiger partial charge >= 0.3 is 5.97 Å². The van der Waals surface area contributed by atoms with E-state index < -0.39 is 22.5 Å². The first kappa shape index (κ1) is 21.0. The number of rotatable bonds is 7. The summed E-state index contributed by atoms with van der Waals surface area (Å²) in [7, 11) is -3.94. The van der Waals surface area contributed by atoms with E-state index in [9.17, 15) is 23.3 Å². The van der Waals surface area contributed by atoms with Gasteiger partial charge in [-0.3, -0.25) is 9.59 Å². The predicted octanol–water partition coefficient (Wildman–Crippen LogP) is 1.79. The van der Waals surface area contributed by atoms with Crippen molar-refractivity contribution in [2.24, 2.45) is 0 Å². The van der Waals surface area contributed by atoms with Gasteiger partial charge in [-0.1, -0.05) is 6.07 Å². The van der Waals surface area contributed by atoms with Crippen molar-refractivity contribution in [3.8, 4) is 6.07 Å². The van der Waals surface area contributed by atoms with Crippen molar-refractivity contribution >= 4 is 33.1 Å². The minimum Gasteiger partial charge on any atom is -0.460 e. The lowest BCUT2D eigenvalue weighted by Gasteiger charge is -2.08. The van der Waals surface area contributed by atoms with Crippen molar-refractivity contribution in [3.63, 3.8) is 0 Å². The van der Waals surface area contributed by atoms with Gasteiger partial charge in [0.1, 0.15) is 19.2 Å². The van der Waals surface area contributed by atoms with Crippen molar-refractivity contribution in [2.75, 3.05) is 11.9 Å². The molecule has 154 valence electrons. The second kappa shape index (κ2) is 8.77. The molecule has 30 heavy (non-hydrogen) atoms. The Morgan fingerprint density at radius 1 is 1.17 bits per heavy atom. The highest BCUT2D eigenvalue weighted by atomic mass is 32.2. The Balaban J connectivity index is 1.59. The zero-order valence-electron chi connectivity index (χ0n) is 16.0. The molecule has 0 saturated heterocycles. The number of pyridine rings is 1. The van der Waals surface area contributed by atoms with E-state index in [-0.39, 0.29) is 17.4 Å². The Bertz CT molecular complexity index is 1240. The third-order valence-electron chi connectivity index (χ3n) is 4.15. The Kier molecular flexibility index (Phi) is 6.15. The summed E-state index contributed by atoms with van der Waals surface area (Å²) in [5, 5.41) is 11.9. The van der Waals surface area contributed by atoms with Gasteiger partial charge in [-0.15, -0.1) is 0 Å². The van der Waals surface area contributed by atoms with Crippen LogP contribution < -0.4 is 10.0 Å². The highest BCUT2D eigenvalue weighted by Crippen LogP contribution is 2.18. The predicted molar refractivity (Wildman–Crippen MR) is 108 cm³/mol. The second-order valence-electron chi connectivity index (χ2n) is 6.33. The lowest BCUT2D eigenvalue weighted by Crippen LogP contribution is -2.30. The van der Waals surface area contributed by atoms with Crippen molar-refractivity contribution in [1.82, 2.24) is 9.12 Å². The fourth-order valence-corrected chi connectivity index (χ4v) is 3.75. The average molecular weight is 426 g/mol. The van der Waals surface area contributed by atoms with Crippen molar-refractivity contribution in [2.45, 2.75) is 18.4 Å². The maximum absolute atomic E-state index is 12.3. The lowest BCUT2D eigenvalue weighted by molar-refractivity contribution is -0.143. The number of ether oxygens (including phenoxy) is 1. The molecule has 2 heterocycles. The van der Waals surface area contributed by atoms with Crippen LogP contribution in [0.15, 0.2) is 59.8 Å². The minimum atomic E-state index is -3.94. The van der Waals surface area contributed by atoms with E-state index >= 15 is 0 Å². The molecule has 0 saturated carbocycles. The maximum atomic E-state index is 12.3. The molecular weight excluding hydrogens is 408 g/mol. The summed E-state index contributed by atoms with van der Waals surface area (Å²) < 4.78 is 33.6. The summed E-state index contributed by atoms with van der Waals surface area (Å²) in [6.07, 6.45) is 3.45. The minimum absolute atomic E-state index is 0.0603. The average Bonchev–Trinajstić information content (AvgIpc) is 3.08. The van der Waals surface area contributed by atoms with Gasteiger partial charge in [0.2, 0.25) is 15.9 Å². The fraction of sp³-hybridized carbons (Fsp3) is 0.150. The number of nitrogens with one attached hydrogen (secondary N) is 2. The molecule has 2 N–H and O–H groups in total. The second-order valence-corrected chi connectivity index (χ2v) is 8.09. The molecule has 0 spiro atoms. The van der Waals surface area contributed by atoms with Crippen LogP contribution in [0.4, 0.5) is 5.69 Å². The van der Waals surface area contributed by atoms with E-state index in [1.807, 2.05) is 0 Å². The van der Waals surface area contributed by atoms with Crippen LogP contribution in [0, 0.1) is 11.3 Å². The molecule has 3 aromatic rings. The summed E-state index contributed by atoms with van der Waals surface area (Å²) >= 11 is 0. The number of hydrogen-bond donors (Lipinski definition) is 2. The summed E-state index contributed by atoms with van der Waals surface area (Å²) in [4.78, 5) is 23.0. The molecule has 0 aliphatic carbocycles. The van der Waals surface area contributed by atoms with Crippen LogP contribution in [0.3, 0.4) is 0 Å². The number of nitriles is 1. The molecule has 2 aromatic heterocycles. The van der Waals surface area contributed by atoms with Crippen molar-refractivity contribution in [1.29, 1.82) is 5.26 Å². The quantitative estimate of drug-likeness (QED) is 0.554. The van der Waals surface area contributed by atoms with Gasteiger partial charge in [-0.2, -0.15) is 9.98 Å². The van der Waals surface area contributed by atoms with Crippen LogP contribution in [0.1, 0.15) is 18.1 Å². The van der Waals surface area contributed by atoms with Gasteiger partial charge in [0.25, 0.3) is 0 Å². The van der Waals surface area contributed by atoms with Gasteiger partial charge < -0.3 is 14.5 Å². The SMILES string of the molecule is CC(=O)Nc1ccc(S(=O)(=O)NCC(=O)OCc2cn3ccccc3c2C#N)cc1. The molecule has 0 aliphatic heterocycles. The molecule has 0 fully saturated rings. The molecule has 10 heteroatoms. The van der Waals surface area contributed by atoms with E-state index in [1.165, 1.54) is 31.2 Å². The highest BCUT2D eigenvalue weighted by molar-refractivity contribution is 7.89. The number of sulfonamides is 1. The Hall–Kier alpha value is -3.68. The third kappa shape index (κ3) is 4.83. The first-order valence-corrected chi connectivity index (χ1v) is 10.3. The zero-order valence-corrected chi connectivity index (χ0v) is 16.8. The number of carbonyl (C=O) groups is 2. The first-order chi connectivity index (χ1) is 14.3. The van der Waals surface area contributed by atoms with Crippen molar-refractivity contribution < 1.29 is 22.7 Å². The Morgan fingerprint density at radius 2 is 1.90 bits per heavy atom. The molecular formula is C20H18N4O5S. The van der Waals surface area contributed by atoms with Crippen molar-refractivity contribution in [3.05, 3.63) is 66.0 Å². The fourth-order valence-electron chi connectivity index (χ4n) is 2.78. The number of aromatic nitrogens is 1. The number of anilines is 1. The summed E-state index contributed by atoms with van der Waals surface area (Å²) in [5.41, 5.74) is 2.06. The summed E-state index contributed by atoms with van der Waals surface area (Å²) in [6, 6.07) is 13.0. The number of hydrogen-bond acceptors (Lipinski definition) is 6. The molecule has 0 aliphatic rings. The number of fused-ring (bicyclic) bond motifs is 1. The Morgan fingerprint density at radius 3 is 2.57 bits per heavy atom. The van der Waals surface area contributed by atoms with Crippen LogP contribution in [-0.4, -0.2) is 31.2 Å². The van der Waals surface area contributed by atoms with Gasteiger partial charge in [0, 0.05) is 30.6 Å². The molecule has 0 unspecified atom stereocenters. The van der Waals surface area contributed by atoms with E-state index in [1.54, 1.807) is 35.0 Å². The van der Waals surface area contributed by atoms with Crippen LogP contribution in [0.2, 0.25) is 0 Å². The topological polar surface area (TPSA) is 130 Å². The number of esters is 1. The molecule has 0 bridgehead atoms. The van der Waals surface area contributed by atoms with E-state index in [0.29, 0.717) is 22.3 Å². The van der Waals surface area contributed by atoms with E-state index in [2.05, 4.69) is 16.1 Å². The maximum Gasteiger partial charge on any atom is 0.321 e. The van der Waals surface area contributed by atoms with E-state index in [0.717, 1.165) is 0 Å². The largest absolute Gasteiger partial charge is 0.460 e. The number of carbonyl (C=O) groups excluding carboxylic acids is 2. The third-order valence-corrected chi connectivity index (χ3v) is 5.57. The van der Waals surface area contributed by atoms with Crippen LogP contribution in [0.25, 0.3) is 5.52 Å². The van der Waals surface area contributed by atoms with Gasteiger partial charge in [-0.05, 0) is 36.4 Å². The standard InChI is InChI=1S/C20H18N4O5S/c1-14(25)23-16-5-7-17(8-6-16)30(27,28)22-11-20(26)29-13-15-12-24-9-3-2-4-19(24)18(15)10-21/h2-9,12,22H,11,13H2,1H3,(H,23,25). The van der Waals surface area contributed by atoms with Crippen LogP contribution >= 0.6 is 0 Å². The van der Waals surface area contributed by atoms with Crippen LogP contribution in [-0.2, 0) is 31.0 Å². The zero-order chi connectivity index (χ0) is 21.7. The molecule has 1 aromatic carbocycles. The van der Waals surface area contributed by atoms with E-state index in [4.69, 9.17) is 4.74 Å². The smallest absolute Gasteiger partial charge is 0.321 e. The summed E-state index contributed by atoms with van der Waals surface area (Å²) in [6.45, 7) is 0.621. The number of benzene rings is 1. The normalized spacial score (nSPS) is 11.1. The van der Waals surface area contributed by atoms with Gasteiger partial charge in [-0.25, -0.2) is 8.42 Å². The summed E-state index contributed by atoms with van der Waals surface area (Å²) in [5.74, 6) is -1.06. The molecule has 0 atom stereocenters. The number of amides is 1. The highest BCUT2D eigenvalue weighted by Gasteiger charge is 2.17. The molecule has 9 nitrogen and oxygen atoms in total. The number of nitrogens with zero attached hydrogens (tertiary/aromatic N) is 2. The Labute approximate surface area is 172 Å². The van der Waals surface area contributed by atoms with Gasteiger partial charge in [0.05, 0.1) is 16.0 Å². The first-order valence-electron chi connectivity index (χ1n) is 8.82. The van der Waals surface area contributed by atoms with Gasteiger partial charge in [0.15, 0.2) is 0 Å². The molecule has 0 radical (unpaired) electrons. The monoisotopic (exact) mass is 426 g/mol. The molecule has 3 rings (SSSR count). The lowest BCUT2D eigenvalue weighted by atomic mass is 10.2. The molecule has 1 amide bonds. The van der Waals surface area contributed by atoms with Crippen LogP contribution in [0.5, 0.6) is 0 Å².